The van der Waals surface area contributed by atoms with Crippen molar-refractivity contribution in [2.45, 2.75) is 24.9 Å². The number of ether oxygens (including phenoxy) is 2. The van der Waals surface area contributed by atoms with Crippen molar-refractivity contribution in [2.24, 2.45) is 16.6 Å². The zero-order valence-corrected chi connectivity index (χ0v) is 16.2. The highest BCUT2D eigenvalue weighted by Crippen LogP contribution is 2.38. The second-order valence-corrected chi connectivity index (χ2v) is 7.35. The lowest BCUT2D eigenvalue weighted by molar-refractivity contribution is -0.121. The predicted octanol–water partition coefficient (Wildman–Crippen LogP) is 2.46. The molecule has 3 heterocycles. The summed E-state index contributed by atoms with van der Waals surface area (Å²) in [6.07, 6.45) is 8.56. The molecule has 3 atom stereocenters. The van der Waals surface area contributed by atoms with Crippen LogP contribution in [-0.2, 0) is 4.79 Å². The maximum atomic E-state index is 11.7. The van der Waals surface area contributed by atoms with Crippen molar-refractivity contribution in [3.05, 3.63) is 54.8 Å². The molecule has 4 rings (SSSR count). The summed E-state index contributed by atoms with van der Waals surface area (Å²) in [6, 6.07) is 5.71. The molecule has 28 heavy (non-hydrogen) atoms. The molecule has 2 N–H and O–H groups in total. The van der Waals surface area contributed by atoms with Crippen LogP contribution in [0.1, 0.15) is 25.5 Å². The Kier molecular flexibility index (Phi) is 4.50. The van der Waals surface area contributed by atoms with Crippen LogP contribution >= 0.6 is 11.6 Å². The number of fused-ring (bicyclic) bond motifs is 1. The third kappa shape index (κ3) is 3.09. The molecule has 2 aliphatic heterocycles. The van der Waals surface area contributed by atoms with Gasteiger partial charge in [0.25, 0.3) is 0 Å². The first-order valence-corrected chi connectivity index (χ1v) is 9.20. The second-order valence-electron chi connectivity index (χ2n) is 6.75. The molecular weight excluding hydrogens is 382 g/mol. The van der Waals surface area contributed by atoms with E-state index in [9.17, 15) is 4.79 Å². The molecule has 3 unspecified atom stereocenters. The van der Waals surface area contributed by atoms with E-state index in [2.05, 4.69) is 9.98 Å². The Balaban J connectivity index is 1.72. The van der Waals surface area contributed by atoms with Crippen molar-refractivity contribution in [2.75, 3.05) is 6.79 Å². The zero-order chi connectivity index (χ0) is 19.9. The second kappa shape index (κ2) is 6.87. The van der Waals surface area contributed by atoms with Crippen molar-refractivity contribution in [3.63, 3.8) is 0 Å². The third-order valence-electron chi connectivity index (χ3n) is 5.04. The van der Waals surface area contributed by atoms with Crippen LogP contribution in [0.2, 0.25) is 0 Å². The highest BCUT2D eigenvalue weighted by molar-refractivity contribution is 6.27. The van der Waals surface area contributed by atoms with E-state index in [0.29, 0.717) is 11.7 Å². The largest absolute Gasteiger partial charge is 0.454 e. The molecule has 0 saturated heterocycles. The lowest BCUT2D eigenvalue weighted by atomic mass is 9.99. The van der Waals surface area contributed by atoms with Gasteiger partial charge in [0.1, 0.15) is 6.33 Å². The highest BCUT2D eigenvalue weighted by atomic mass is 35.5. The van der Waals surface area contributed by atoms with Crippen molar-refractivity contribution in [3.8, 4) is 11.5 Å². The number of carbonyl (C=O) groups is 1. The van der Waals surface area contributed by atoms with Crippen LogP contribution in [0.3, 0.4) is 0 Å². The molecule has 0 spiro atoms. The number of hydrogen-bond donors (Lipinski definition) is 1. The van der Waals surface area contributed by atoms with E-state index in [1.807, 2.05) is 36.2 Å². The number of nitrogens with zero attached hydrogens (tertiary/aromatic N) is 4. The quantitative estimate of drug-likeness (QED) is 0.627. The summed E-state index contributed by atoms with van der Waals surface area (Å²) in [5.41, 5.74) is 6.47. The Labute approximate surface area is 167 Å². The van der Waals surface area contributed by atoms with Crippen LogP contribution in [0.25, 0.3) is 0 Å². The molecule has 9 heteroatoms. The lowest BCUT2D eigenvalue weighted by Crippen LogP contribution is -2.44. The number of rotatable bonds is 4. The van der Waals surface area contributed by atoms with Gasteiger partial charge in [-0.25, -0.2) is 9.98 Å². The molecule has 2 aromatic rings. The van der Waals surface area contributed by atoms with Gasteiger partial charge in [0.15, 0.2) is 16.5 Å². The minimum Gasteiger partial charge on any atom is -0.454 e. The van der Waals surface area contributed by atoms with Gasteiger partial charge < -0.3 is 20.1 Å². The Hall–Kier alpha value is -3.00. The molecule has 8 nitrogen and oxygen atoms in total. The van der Waals surface area contributed by atoms with E-state index in [-0.39, 0.29) is 12.8 Å². The van der Waals surface area contributed by atoms with Gasteiger partial charge >= 0.3 is 0 Å². The van der Waals surface area contributed by atoms with Crippen LogP contribution in [0.15, 0.2) is 54.2 Å². The van der Waals surface area contributed by atoms with Gasteiger partial charge in [-0.1, -0.05) is 17.7 Å². The van der Waals surface area contributed by atoms with Gasteiger partial charge in [-0.05, 0) is 37.6 Å². The SMILES string of the molecule is CC(c1ccc2c(c1)OCO2)N1C=CC(Cl)(C(C)C(N)=O)N=C1n1ccnc1. The van der Waals surface area contributed by atoms with Crippen molar-refractivity contribution in [1.82, 2.24) is 14.5 Å². The Bertz CT molecular complexity index is 958. The summed E-state index contributed by atoms with van der Waals surface area (Å²) in [6.45, 7) is 3.91. The van der Waals surface area contributed by atoms with Crippen LogP contribution in [0.4, 0.5) is 0 Å². The fourth-order valence-electron chi connectivity index (χ4n) is 3.14. The fourth-order valence-corrected chi connectivity index (χ4v) is 3.38. The molecule has 0 bridgehead atoms. The van der Waals surface area contributed by atoms with Gasteiger partial charge in [-0.15, -0.1) is 0 Å². The molecule has 0 aliphatic carbocycles. The number of carbonyl (C=O) groups excluding carboxylic acids is 1. The topological polar surface area (TPSA) is 95.0 Å². The third-order valence-corrected chi connectivity index (χ3v) is 5.57. The van der Waals surface area contributed by atoms with Gasteiger partial charge in [0.2, 0.25) is 18.7 Å². The predicted molar refractivity (Wildman–Crippen MR) is 104 cm³/mol. The highest BCUT2D eigenvalue weighted by Gasteiger charge is 2.39. The Morgan fingerprint density at radius 3 is 2.82 bits per heavy atom. The normalized spacial score (nSPS) is 22.7. The number of aliphatic imine (C=N–C) groups is 1. The summed E-state index contributed by atoms with van der Waals surface area (Å²) >= 11 is 6.65. The minimum absolute atomic E-state index is 0.1000. The van der Waals surface area contributed by atoms with Crippen LogP contribution in [0, 0.1) is 5.92 Å². The van der Waals surface area contributed by atoms with Crippen LogP contribution in [-0.4, -0.2) is 38.1 Å². The molecular formula is C19H20ClN5O3. The number of halogens is 1. The first-order valence-electron chi connectivity index (χ1n) is 8.83. The van der Waals surface area contributed by atoms with Crippen LogP contribution in [0.5, 0.6) is 11.5 Å². The zero-order valence-electron chi connectivity index (χ0n) is 15.4. The molecule has 146 valence electrons. The van der Waals surface area contributed by atoms with E-state index >= 15 is 0 Å². The lowest BCUT2D eigenvalue weighted by Gasteiger charge is -2.36. The molecule has 1 aromatic heterocycles. The van der Waals surface area contributed by atoms with Crippen molar-refractivity contribution >= 4 is 23.5 Å². The molecule has 0 saturated carbocycles. The molecule has 0 radical (unpaired) electrons. The van der Waals surface area contributed by atoms with E-state index < -0.39 is 16.8 Å². The van der Waals surface area contributed by atoms with E-state index in [4.69, 9.17) is 26.8 Å². The standard InChI is InChI=1S/C19H20ClN5O3/c1-12(17(21)26)19(20)5-7-25(18(23-19)24-8-6-22-10-24)13(2)14-3-4-15-16(9-14)28-11-27-15/h3-10,12-13H,11H2,1-2H3,(H2,21,26). The summed E-state index contributed by atoms with van der Waals surface area (Å²) in [7, 11) is 0. The number of aromatic nitrogens is 2. The van der Waals surface area contributed by atoms with Crippen LogP contribution < -0.4 is 15.2 Å². The summed E-state index contributed by atoms with van der Waals surface area (Å²) < 4.78 is 12.6. The van der Waals surface area contributed by atoms with Gasteiger partial charge in [-0.3, -0.25) is 9.36 Å². The summed E-state index contributed by atoms with van der Waals surface area (Å²) in [4.78, 5) is 21.2. The summed E-state index contributed by atoms with van der Waals surface area (Å²) in [5.74, 6) is 0.759. The first-order chi connectivity index (χ1) is 13.4. The molecule has 1 aromatic carbocycles. The maximum Gasteiger partial charge on any atom is 0.231 e. The number of primary amides is 1. The molecule has 2 aliphatic rings. The van der Waals surface area contributed by atoms with E-state index in [0.717, 1.165) is 11.3 Å². The summed E-state index contributed by atoms with van der Waals surface area (Å²) in [5, 5.41) is 0. The monoisotopic (exact) mass is 401 g/mol. The Morgan fingerprint density at radius 2 is 2.11 bits per heavy atom. The number of hydrogen-bond acceptors (Lipinski definition) is 6. The fraction of sp³-hybridized carbons (Fsp3) is 0.316. The minimum atomic E-state index is -1.27. The smallest absolute Gasteiger partial charge is 0.231 e. The number of imidazole rings is 1. The average Bonchev–Trinajstić information content (AvgIpc) is 3.37. The van der Waals surface area contributed by atoms with Gasteiger partial charge in [0.05, 0.1) is 12.0 Å². The van der Waals surface area contributed by atoms with Crippen molar-refractivity contribution in [1.29, 1.82) is 0 Å². The number of benzene rings is 1. The number of alkyl halides is 1. The number of amides is 1. The van der Waals surface area contributed by atoms with Gasteiger partial charge in [0, 0.05) is 18.6 Å². The average molecular weight is 402 g/mol. The number of nitrogens with two attached hydrogens (primary N) is 1. The maximum absolute atomic E-state index is 11.7. The molecule has 1 amide bonds. The first kappa shape index (κ1) is 18.4. The molecule has 0 fully saturated rings. The van der Waals surface area contributed by atoms with E-state index in [1.165, 1.54) is 0 Å². The van der Waals surface area contributed by atoms with E-state index in [1.54, 1.807) is 36.3 Å². The van der Waals surface area contributed by atoms with Gasteiger partial charge in [-0.2, -0.15) is 0 Å². The Morgan fingerprint density at radius 1 is 1.32 bits per heavy atom. The van der Waals surface area contributed by atoms with Crippen molar-refractivity contribution < 1.29 is 14.3 Å².